The van der Waals surface area contributed by atoms with E-state index in [2.05, 4.69) is 10.1 Å². The van der Waals surface area contributed by atoms with Crippen LogP contribution in [0.1, 0.15) is 23.4 Å². The number of rotatable bonds is 4. The summed E-state index contributed by atoms with van der Waals surface area (Å²) in [5, 5.41) is 12.9. The first kappa shape index (κ1) is 12.6. The van der Waals surface area contributed by atoms with Gasteiger partial charge in [-0.1, -0.05) is 11.2 Å². The minimum atomic E-state index is -1.04. The highest BCUT2D eigenvalue weighted by molar-refractivity contribution is 5.21. The molecule has 0 amide bonds. The van der Waals surface area contributed by atoms with Crippen molar-refractivity contribution in [2.75, 3.05) is 6.54 Å². The summed E-state index contributed by atoms with van der Waals surface area (Å²) in [6.07, 6.45) is -0.989. The van der Waals surface area contributed by atoms with Gasteiger partial charge < -0.3 is 15.4 Å². The Morgan fingerprint density at radius 1 is 1.39 bits per heavy atom. The molecule has 0 fully saturated rings. The lowest BCUT2D eigenvalue weighted by molar-refractivity contribution is 0.141. The largest absolute Gasteiger partial charge is 0.382 e. The molecule has 2 rings (SSSR count). The molecule has 1 atom stereocenters. The smallest absolute Gasteiger partial charge is 0.256 e. The summed E-state index contributed by atoms with van der Waals surface area (Å²) in [5.74, 6) is -1.15. The third-order valence-electron chi connectivity index (χ3n) is 2.36. The number of benzene rings is 1. The van der Waals surface area contributed by atoms with E-state index in [0.29, 0.717) is 0 Å². The summed E-state index contributed by atoms with van der Waals surface area (Å²) in [4.78, 5) is 3.87. The molecule has 0 spiro atoms. The van der Waals surface area contributed by atoms with Crippen LogP contribution in [-0.2, 0) is 6.42 Å². The second-order valence-electron chi connectivity index (χ2n) is 3.71. The number of aliphatic hydroxyl groups is 1. The Kier molecular flexibility index (Phi) is 3.63. The molecule has 7 heteroatoms. The van der Waals surface area contributed by atoms with Crippen molar-refractivity contribution in [3.05, 3.63) is 47.1 Å². The molecule has 3 N–H and O–H groups in total. The molecule has 0 radical (unpaired) electrons. The van der Waals surface area contributed by atoms with Gasteiger partial charge in [0.25, 0.3) is 5.89 Å². The topological polar surface area (TPSA) is 85.2 Å². The van der Waals surface area contributed by atoms with Gasteiger partial charge in [0.05, 0.1) is 0 Å². The van der Waals surface area contributed by atoms with Gasteiger partial charge in [-0.2, -0.15) is 4.98 Å². The number of aliphatic hydroxyl groups excluding tert-OH is 1. The van der Waals surface area contributed by atoms with Gasteiger partial charge >= 0.3 is 0 Å². The van der Waals surface area contributed by atoms with E-state index in [1.165, 1.54) is 6.07 Å². The lowest BCUT2D eigenvalue weighted by atomic mass is 10.1. The zero-order valence-corrected chi connectivity index (χ0v) is 9.31. The maximum Gasteiger partial charge on any atom is 0.256 e. The molecular formula is C11H11F2N3O2. The van der Waals surface area contributed by atoms with Crippen LogP contribution in [0.5, 0.6) is 0 Å². The molecule has 5 nitrogen and oxygen atoms in total. The molecule has 1 unspecified atom stereocenters. The Bertz CT molecular complexity index is 545. The van der Waals surface area contributed by atoms with Gasteiger partial charge in [0, 0.05) is 19.0 Å². The van der Waals surface area contributed by atoms with Gasteiger partial charge in [-0.3, -0.25) is 0 Å². The van der Waals surface area contributed by atoms with Crippen LogP contribution in [0.4, 0.5) is 8.78 Å². The predicted molar refractivity (Wildman–Crippen MR) is 57.5 cm³/mol. The lowest BCUT2D eigenvalue weighted by Gasteiger charge is -1.99. The second kappa shape index (κ2) is 5.19. The molecule has 0 aliphatic heterocycles. The van der Waals surface area contributed by atoms with Crippen molar-refractivity contribution >= 4 is 0 Å². The fraction of sp³-hybridized carbons (Fsp3) is 0.273. The molecule has 0 bridgehead atoms. The van der Waals surface area contributed by atoms with E-state index in [-0.39, 0.29) is 30.2 Å². The van der Waals surface area contributed by atoms with Gasteiger partial charge in [0.1, 0.15) is 17.7 Å². The third-order valence-corrected chi connectivity index (χ3v) is 2.36. The van der Waals surface area contributed by atoms with Crippen LogP contribution in [0.15, 0.2) is 22.7 Å². The number of nitrogens with two attached hydrogens (primary N) is 1. The minimum absolute atomic E-state index is 0.0185. The summed E-state index contributed by atoms with van der Waals surface area (Å²) < 4.78 is 30.8. The fourth-order valence-electron chi connectivity index (χ4n) is 1.41. The number of halogens is 2. The Morgan fingerprint density at radius 3 is 2.83 bits per heavy atom. The summed E-state index contributed by atoms with van der Waals surface area (Å²) in [5.41, 5.74) is 5.47. The molecule has 1 aromatic heterocycles. The van der Waals surface area contributed by atoms with Crippen LogP contribution >= 0.6 is 0 Å². The number of nitrogens with zero attached hydrogens (tertiary/aromatic N) is 2. The number of hydrogen-bond acceptors (Lipinski definition) is 5. The summed E-state index contributed by atoms with van der Waals surface area (Å²) in [6, 6.07) is 3.24. The second-order valence-corrected chi connectivity index (χ2v) is 3.71. The van der Waals surface area contributed by atoms with Gasteiger partial charge in [-0.25, -0.2) is 8.78 Å². The highest BCUT2D eigenvalue weighted by Crippen LogP contribution is 2.15. The Balaban J connectivity index is 2.16. The zero-order valence-electron chi connectivity index (χ0n) is 9.31. The van der Waals surface area contributed by atoms with Crippen LogP contribution in [0, 0.1) is 11.6 Å². The summed E-state index contributed by atoms with van der Waals surface area (Å²) in [6.45, 7) is -0.0491. The lowest BCUT2D eigenvalue weighted by Crippen LogP contribution is -2.11. The minimum Gasteiger partial charge on any atom is -0.382 e. The highest BCUT2D eigenvalue weighted by Gasteiger charge is 2.15. The first-order chi connectivity index (χ1) is 8.60. The molecule has 2 aromatic rings. The van der Waals surface area contributed by atoms with Crippen LogP contribution in [0.3, 0.4) is 0 Å². The van der Waals surface area contributed by atoms with E-state index < -0.39 is 17.7 Å². The van der Waals surface area contributed by atoms with E-state index >= 15 is 0 Å². The summed E-state index contributed by atoms with van der Waals surface area (Å²) >= 11 is 0. The van der Waals surface area contributed by atoms with Crippen molar-refractivity contribution in [3.63, 3.8) is 0 Å². The fourth-order valence-corrected chi connectivity index (χ4v) is 1.41. The van der Waals surface area contributed by atoms with Gasteiger partial charge in [-0.15, -0.1) is 0 Å². The summed E-state index contributed by atoms with van der Waals surface area (Å²) in [7, 11) is 0. The first-order valence-corrected chi connectivity index (χ1v) is 5.24. The average Bonchev–Trinajstić information content (AvgIpc) is 2.80. The maximum atomic E-state index is 13.4. The van der Waals surface area contributed by atoms with Crippen LogP contribution < -0.4 is 5.73 Å². The number of hydrogen-bond donors (Lipinski definition) is 2. The average molecular weight is 255 g/mol. The quantitative estimate of drug-likeness (QED) is 0.848. The molecule has 0 saturated heterocycles. The van der Waals surface area contributed by atoms with Crippen molar-refractivity contribution in [2.24, 2.45) is 5.73 Å². The SMILES string of the molecule is NCC(O)c1nc(Cc2ccc(F)cc2F)no1. The van der Waals surface area contributed by atoms with E-state index in [1.54, 1.807) is 0 Å². The molecule has 0 aliphatic rings. The van der Waals surface area contributed by atoms with E-state index in [0.717, 1.165) is 12.1 Å². The highest BCUT2D eigenvalue weighted by atomic mass is 19.1. The standard InChI is InChI=1S/C11H11F2N3O2/c12-7-2-1-6(8(13)4-7)3-10-15-11(18-16-10)9(17)5-14/h1-2,4,9,17H,3,5,14H2. The Morgan fingerprint density at radius 2 is 2.17 bits per heavy atom. The normalized spacial score (nSPS) is 12.7. The van der Waals surface area contributed by atoms with Crippen molar-refractivity contribution < 1.29 is 18.4 Å². The molecular weight excluding hydrogens is 244 g/mol. The monoisotopic (exact) mass is 255 g/mol. The van der Waals surface area contributed by atoms with E-state index in [1.807, 2.05) is 0 Å². The molecule has 96 valence electrons. The van der Waals surface area contributed by atoms with E-state index in [9.17, 15) is 13.9 Å². The third kappa shape index (κ3) is 2.69. The van der Waals surface area contributed by atoms with Crippen molar-refractivity contribution in [2.45, 2.75) is 12.5 Å². The van der Waals surface area contributed by atoms with Crippen molar-refractivity contribution in [1.82, 2.24) is 10.1 Å². The Labute approximate surface area is 101 Å². The van der Waals surface area contributed by atoms with Gasteiger partial charge in [0.15, 0.2) is 5.82 Å². The molecule has 1 heterocycles. The van der Waals surface area contributed by atoms with Crippen LogP contribution in [-0.4, -0.2) is 21.8 Å². The molecule has 0 aliphatic carbocycles. The molecule has 18 heavy (non-hydrogen) atoms. The molecule has 0 saturated carbocycles. The Hall–Kier alpha value is -1.86. The molecule has 1 aromatic carbocycles. The van der Waals surface area contributed by atoms with Crippen LogP contribution in [0.2, 0.25) is 0 Å². The zero-order chi connectivity index (χ0) is 13.1. The number of aromatic nitrogens is 2. The first-order valence-electron chi connectivity index (χ1n) is 5.24. The van der Waals surface area contributed by atoms with Crippen molar-refractivity contribution in [3.8, 4) is 0 Å². The van der Waals surface area contributed by atoms with Gasteiger partial charge in [0.2, 0.25) is 0 Å². The maximum absolute atomic E-state index is 13.4. The van der Waals surface area contributed by atoms with Crippen molar-refractivity contribution in [1.29, 1.82) is 0 Å². The van der Waals surface area contributed by atoms with Crippen LogP contribution in [0.25, 0.3) is 0 Å². The van der Waals surface area contributed by atoms with E-state index in [4.69, 9.17) is 10.3 Å². The van der Waals surface area contributed by atoms with Gasteiger partial charge in [-0.05, 0) is 11.6 Å². The predicted octanol–water partition coefficient (Wildman–Crippen LogP) is 0.931.